The average molecular weight is 401 g/mol. The molecule has 28 heavy (non-hydrogen) atoms. The Kier molecular flexibility index (Phi) is 5.64. The molecule has 1 saturated heterocycles. The molecule has 150 valence electrons. The summed E-state index contributed by atoms with van der Waals surface area (Å²) in [5, 5.41) is 0. The summed E-state index contributed by atoms with van der Waals surface area (Å²) < 4.78 is 28.3. The van der Waals surface area contributed by atoms with Crippen molar-refractivity contribution in [2.24, 2.45) is 0 Å². The molecule has 0 N–H and O–H groups in total. The zero-order chi connectivity index (χ0) is 20.6. The number of carbonyl (C=O) groups is 1. The number of nitrogens with zero attached hydrogens (tertiary/aromatic N) is 2. The number of amides is 1. The summed E-state index contributed by atoms with van der Waals surface area (Å²) in [6, 6.07) is 9.12. The molecule has 0 spiro atoms. The van der Waals surface area contributed by atoms with Crippen molar-refractivity contribution >= 4 is 15.9 Å². The standard InChI is InChI=1S/C22H28N2O3S/c1-15-16(2)18(4)21(19(5)17(15)3)28(26,27)24-13-11-23(12-14-24)22(25)20-9-7-6-8-10-20/h6-10H,11-14H2,1-5H3. The molecule has 1 fully saturated rings. The van der Waals surface area contributed by atoms with Gasteiger partial charge in [0.15, 0.2) is 0 Å². The molecule has 2 aromatic carbocycles. The van der Waals surface area contributed by atoms with Gasteiger partial charge in [0.2, 0.25) is 10.0 Å². The van der Waals surface area contributed by atoms with Gasteiger partial charge in [0.05, 0.1) is 4.90 Å². The van der Waals surface area contributed by atoms with Gasteiger partial charge in [-0.1, -0.05) is 18.2 Å². The molecular weight excluding hydrogens is 372 g/mol. The quantitative estimate of drug-likeness (QED) is 0.794. The topological polar surface area (TPSA) is 57.7 Å². The minimum atomic E-state index is -3.60. The predicted molar refractivity (Wildman–Crippen MR) is 111 cm³/mol. The van der Waals surface area contributed by atoms with Gasteiger partial charge in [-0.15, -0.1) is 0 Å². The molecule has 1 amide bonds. The molecule has 1 aliphatic heterocycles. The SMILES string of the molecule is Cc1c(C)c(C)c(S(=O)(=O)N2CCN(C(=O)c3ccccc3)CC2)c(C)c1C. The van der Waals surface area contributed by atoms with Crippen molar-refractivity contribution in [3.8, 4) is 0 Å². The average Bonchev–Trinajstić information content (AvgIpc) is 2.71. The van der Waals surface area contributed by atoms with Gasteiger partial charge in [0.25, 0.3) is 5.91 Å². The number of piperazine rings is 1. The van der Waals surface area contributed by atoms with Crippen molar-refractivity contribution < 1.29 is 13.2 Å². The summed E-state index contributed by atoms with van der Waals surface area (Å²) in [7, 11) is -3.60. The summed E-state index contributed by atoms with van der Waals surface area (Å²) >= 11 is 0. The molecular formula is C22H28N2O3S. The predicted octanol–water partition coefficient (Wildman–Crippen LogP) is 3.38. The number of carbonyl (C=O) groups excluding carboxylic acids is 1. The molecule has 0 saturated carbocycles. The third-order valence-corrected chi connectivity index (χ3v) is 8.25. The number of hydrogen-bond acceptors (Lipinski definition) is 3. The minimum Gasteiger partial charge on any atom is -0.336 e. The number of rotatable bonds is 3. The Hall–Kier alpha value is -2.18. The number of hydrogen-bond donors (Lipinski definition) is 0. The molecule has 2 aromatic rings. The normalized spacial score (nSPS) is 15.7. The van der Waals surface area contributed by atoms with Crippen molar-refractivity contribution in [2.75, 3.05) is 26.2 Å². The van der Waals surface area contributed by atoms with Gasteiger partial charge in [-0.05, 0) is 74.6 Å². The van der Waals surface area contributed by atoms with Crippen LogP contribution >= 0.6 is 0 Å². The van der Waals surface area contributed by atoms with E-state index in [-0.39, 0.29) is 5.91 Å². The van der Waals surface area contributed by atoms with Gasteiger partial charge in [0, 0.05) is 31.7 Å². The molecule has 0 radical (unpaired) electrons. The van der Waals surface area contributed by atoms with Gasteiger partial charge in [-0.25, -0.2) is 8.42 Å². The molecule has 0 atom stereocenters. The zero-order valence-electron chi connectivity index (χ0n) is 17.2. The third-order valence-electron chi connectivity index (χ3n) is 6.08. The smallest absolute Gasteiger partial charge is 0.253 e. The molecule has 0 aromatic heterocycles. The summed E-state index contributed by atoms with van der Waals surface area (Å²) in [5.41, 5.74) is 5.48. The second kappa shape index (κ2) is 7.68. The fraction of sp³-hybridized carbons (Fsp3) is 0.409. The maximum Gasteiger partial charge on any atom is 0.253 e. The van der Waals surface area contributed by atoms with Crippen LogP contribution in [0.15, 0.2) is 35.2 Å². The van der Waals surface area contributed by atoms with Gasteiger partial charge in [0.1, 0.15) is 0 Å². The van der Waals surface area contributed by atoms with E-state index in [1.165, 1.54) is 4.31 Å². The van der Waals surface area contributed by atoms with E-state index >= 15 is 0 Å². The van der Waals surface area contributed by atoms with E-state index in [0.717, 1.165) is 27.8 Å². The van der Waals surface area contributed by atoms with Crippen LogP contribution in [-0.2, 0) is 10.0 Å². The highest BCUT2D eigenvalue weighted by atomic mass is 32.2. The molecule has 5 nitrogen and oxygen atoms in total. The Morgan fingerprint density at radius 1 is 0.750 bits per heavy atom. The van der Waals surface area contributed by atoms with Gasteiger partial charge in [-0.2, -0.15) is 4.31 Å². The Balaban J connectivity index is 1.84. The first-order valence-electron chi connectivity index (χ1n) is 9.57. The van der Waals surface area contributed by atoms with E-state index in [9.17, 15) is 13.2 Å². The van der Waals surface area contributed by atoms with Crippen LogP contribution in [0.1, 0.15) is 38.2 Å². The molecule has 0 unspecified atom stereocenters. The van der Waals surface area contributed by atoms with Crippen LogP contribution in [0.2, 0.25) is 0 Å². The fourth-order valence-electron chi connectivity index (χ4n) is 3.88. The fourth-order valence-corrected chi connectivity index (χ4v) is 5.86. The van der Waals surface area contributed by atoms with Crippen molar-refractivity contribution in [3.63, 3.8) is 0 Å². The van der Waals surface area contributed by atoms with E-state index in [1.807, 2.05) is 52.8 Å². The summed E-state index contributed by atoms with van der Waals surface area (Å²) in [4.78, 5) is 14.8. The van der Waals surface area contributed by atoms with Crippen LogP contribution in [0.4, 0.5) is 0 Å². The van der Waals surface area contributed by atoms with Crippen LogP contribution < -0.4 is 0 Å². The summed E-state index contributed by atoms with van der Waals surface area (Å²) in [5.74, 6) is -0.0490. The van der Waals surface area contributed by atoms with Crippen molar-refractivity contribution in [3.05, 3.63) is 63.7 Å². The Morgan fingerprint density at radius 3 is 1.71 bits per heavy atom. The van der Waals surface area contributed by atoms with E-state index in [1.54, 1.807) is 17.0 Å². The first-order valence-corrected chi connectivity index (χ1v) is 11.0. The minimum absolute atomic E-state index is 0.0490. The lowest BCUT2D eigenvalue weighted by molar-refractivity contribution is 0.0698. The number of benzene rings is 2. The van der Waals surface area contributed by atoms with Crippen LogP contribution in [-0.4, -0.2) is 49.7 Å². The molecule has 1 aliphatic rings. The van der Waals surface area contributed by atoms with Crippen LogP contribution in [0.3, 0.4) is 0 Å². The van der Waals surface area contributed by atoms with Crippen molar-refractivity contribution in [1.29, 1.82) is 0 Å². The Bertz CT molecular complexity index is 977. The lowest BCUT2D eigenvalue weighted by Gasteiger charge is -2.35. The van der Waals surface area contributed by atoms with E-state index in [0.29, 0.717) is 36.6 Å². The van der Waals surface area contributed by atoms with E-state index in [4.69, 9.17) is 0 Å². The van der Waals surface area contributed by atoms with Crippen LogP contribution in [0.25, 0.3) is 0 Å². The number of sulfonamides is 1. The molecule has 6 heteroatoms. The van der Waals surface area contributed by atoms with E-state index in [2.05, 4.69) is 0 Å². The third kappa shape index (κ3) is 3.47. The summed E-state index contributed by atoms with van der Waals surface area (Å²) in [6.45, 7) is 11.2. The van der Waals surface area contributed by atoms with Gasteiger partial charge < -0.3 is 4.90 Å². The van der Waals surface area contributed by atoms with Crippen molar-refractivity contribution in [1.82, 2.24) is 9.21 Å². The molecule has 0 aliphatic carbocycles. The van der Waals surface area contributed by atoms with Gasteiger partial charge in [-0.3, -0.25) is 4.79 Å². The monoisotopic (exact) mass is 400 g/mol. The first kappa shape index (κ1) is 20.6. The second-order valence-corrected chi connectivity index (χ2v) is 9.39. The second-order valence-electron chi connectivity index (χ2n) is 7.52. The van der Waals surface area contributed by atoms with Gasteiger partial charge >= 0.3 is 0 Å². The summed E-state index contributed by atoms with van der Waals surface area (Å²) in [6.07, 6.45) is 0. The first-order chi connectivity index (χ1) is 13.2. The van der Waals surface area contributed by atoms with E-state index < -0.39 is 10.0 Å². The van der Waals surface area contributed by atoms with Crippen molar-refractivity contribution in [2.45, 2.75) is 39.5 Å². The Morgan fingerprint density at radius 2 is 1.21 bits per heavy atom. The lowest BCUT2D eigenvalue weighted by Crippen LogP contribution is -2.50. The lowest BCUT2D eigenvalue weighted by atomic mass is 9.95. The molecule has 1 heterocycles. The maximum atomic E-state index is 13.4. The zero-order valence-corrected chi connectivity index (χ0v) is 18.1. The van der Waals surface area contributed by atoms with Crippen LogP contribution in [0, 0.1) is 34.6 Å². The Labute approximate surface area is 168 Å². The largest absolute Gasteiger partial charge is 0.336 e. The highest BCUT2D eigenvalue weighted by Gasteiger charge is 2.33. The van der Waals surface area contributed by atoms with Crippen LogP contribution in [0.5, 0.6) is 0 Å². The molecule has 0 bridgehead atoms. The highest BCUT2D eigenvalue weighted by molar-refractivity contribution is 7.89. The molecule has 3 rings (SSSR count). The maximum absolute atomic E-state index is 13.4. The highest BCUT2D eigenvalue weighted by Crippen LogP contribution is 2.32.